The van der Waals surface area contributed by atoms with E-state index in [0.717, 1.165) is 11.1 Å². The minimum Gasteiger partial charge on any atom is -0.466 e. The number of carbonyl (C=O) groups is 1. The average Bonchev–Trinajstić information content (AvgIpc) is 2.42. The predicted octanol–water partition coefficient (Wildman–Crippen LogP) is 3.96. The van der Waals surface area contributed by atoms with Gasteiger partial charge in [0.15, 0.2) is 0 Å². The third kappa shape index (κ3) is 8.30. The van der Waals surface area contributed by atoms with Crippen LogP contribution in [0.2, 0.25) is 0 Å². The number of ether oxygens (including phenoxy) is 1. The lowest BCUT2D eigenvalue weighted by Gasteiger charge is -2.14. The molecular formula is C18H28O3. The summed E-state index contributed by atoms with van der Waals surface area (Å²) in [5, 5.41) is 9.99. The van der Waals surface area contributed by atoms with Gasteiger partial charge >= 0.3 is 5.97 Å². The van der Waals surface area contributed by atoms with E-state index in [4.69, 9.17) is 0 Å². The number of hydrogen-bond donors (Lipinski definition) is 1. The monoisotopic (exact) mass is 292 g/mol. The second-order valence-electron chi connectivity index (χ2n) is 5.35. The van der Waals surface area contributed by atoms with E-state index in [2.05, 4.69) is 4.74 Å². The highest BCUT2D eigenvalue weighted by molar-refractivity contribution is 5.88. The molecule has 0 aromatic carbocycles. The fourth-order valence-electron chi connectivity index (χ4n) is 2.03. The predicted molar refractivity (Wildman–Crippen MR) is 87.9 cm³/mol. The molecule has 0 saturated carbocycles. The molecule has 0 rings (SSSR count). The summed E-state index contributed by atoms with van der Waals surface area (Å²) in [6, 6.07) is 0. The van der Waals surface area contributed by atoms with E-state index in [1.54, 1.807) is 13.0 Å². The third-order valence-electron chi connectivity index (χ3n) is 3.15. The summed E-state index contributed by atoms with van der Waals surface area (Å²) in [5.41, 5.74) is 2.61. The van der Waals surface area contributed by atoms with Crippen molar-refractivity contribution in [3.63, 3.8) is 0 Å². The van der Waals surface area contributed by atoms with E-state index >= 15 is 0 Å². The van der Waals surface area contributed by atoms with Gasteiger partial charge in [0.1, 0.15) is 0 Å². The van der Waals surface area contributed by atoms with Gasteiger partial charge in [-0.25, -0.2) is 4.79 Å². The summed E-state index contributed by atoms with van der Waals surface area (Å²) in [4.78, 5) is 11.3. The van der Waals surface area contributed by atoms with Crippen molar-refractivity contribution in [3.8, 4) is 0 Å². The van der Waals surface area contributed by atoms with Crippen LogP contribution in [0.3, 0.4) is 0 Å². The molecule has 1 N–H and O–H groups in total. The van der Waals surface area contributed by atoms with Crippen molar-refractivity contribution in [1.82, 2.24) is 0 Å². The molecule has 0 amide bonds. The lowest BCUT2D eigenvalue weighted by molar-refractivity contribution is -0.136. The van der Waals surface area contributed by atoms with Gasteiger partial charge in [-0.15, -0.1) is 0 Å². The Morgan fingerprint density at radius 1 is 1.19 bits per heavy atom. The highest BCUT2D eigenvalue weighted by atomic mass is 16.5. The van der Waals surface area contributed by atoms with Gasteiger partial charge in [-0.2, -0.15) is 0 Å². The summed E-state index contributed by atoms with van der Waals surface area (Å²) in [6.45, 7) is 9.59. The molecule has 0 aliphatic carbocycles. The summed E-state index contributed by atoms with van der Waals surface area (Å²) in [6.07, 6.45) is 10.0. The number of rotatable bonds is 7. The molecule has 0 aromatic rings. The van der Waals surface area contributed by atoms with Crippen LogP contribution in [-0.4, -0.2) is 24.3 Å². The van der Waals surface area contributed by atoms with Crippen molar-refractivity contribution in [3.05, 3.63) is 47.1 Å². The van der Waals surface area contributed by atoms with Crippen molar-refractivity contribution >= 4 is 5.97 Å². The fraction of sp³-hybridized carbons (Fsp3) is 0.500. The Bertz CT molecular complexity index is 453. The van der Waals surface area contributed by atoms with E-state index in [-0.39, 0.29) is 18.0 Å². The molecule has 0 heterocycles. The standard InChI is InChI=1S/C18H28O3/c1-7-8-9-17(19)15(4)11-13(2)10-14(3)12-16(5)18(20)21-6/h7-8,10-12,15,17,19H,9H2,1-6H3/b8-7+,13-11+,14-10+,16-12+. The summed E-state index contributed by atoms with van der Waals surface area (Å²) >= 11 is 0. The smallest absolute Gasteiger partial charge is 0.333 e. The maximum atomic E-state index is 11.3. The lowest BCUT2D eigenvalue weighted by Crippen LogP contribution is -2.14. The zero-order valence-corrected chi connectivity index (χ0v) is 14.0. The van der Waals surface area contributed by atoms with Gasteiger partial charge in [-0.1, -0.05) is 42.4 Å². The number of allylic oxidation sites excluding steroid dienone is 5. The molecule has 2 unspecified atom stereocenters. The molecule has 3 nitrogen and oxygen atoms in total. The Morgan fingerprint density at radius 3 is 2.33 bits per heavy atom. The van der Waals surface area contributed by atoms with Gasteiger partial charge in [0, 0.05) is 11.5 Å². The van der Waals surface area contributed by atoms with Crippen molar-refractivity contribution in [2.75, 3.05) is 7.11 Å². The molecule has 3 heteroatoms. The van der Waals surface area contributed by atoms with Crippen LogP contribution in [0.4, 0.5) is 0 Å². The highest BCUT2D eigenvalue weighted by Gasteiger charge is 2.09. The van der Waals surface area contributed by atoms with Gasteiger partial charge in [0.2, 0.25) is 0 Å². The molecule has 118 valence electrons. The van der Waals surface area contributed by atoms with E-state index in [1.807, 2.05) is 52.0 Å². The zero-order valence-electron chi connectivity index (χ0n) is 14.0. The molecule has 2 atom stereocenters. The summed E-state index contributed by atoms with van der Waals surface area (Å²) < 4.78 is 4.66. The second-order valence-corrected chi connectivity index (χ2v) is 5.35. The van der Waals surface area contributed by atoms with Crippen LogP contribution < -0.4 is 0 Å². The minimum atomic E-state index is -0.378. The fourth-order valence-corrected chi connectivity index (χ4v) is 2.03. The van der Waals surface area contributed by atoms with Crippen LogP contribution in [-0.2, 0) is 9.53 Å². The molecule has 0 aliphatic rings. The average molecular weight is 292 g/mol. The minimum absolute atomic E-state index is 0.0796. The SMILES string of the molecule is C/C=C/CC(O)C(C)/C=C(C)/C=C(C)/C=C(\C)C(=O)OC. The molecule has 0 saturated heterocycles. The first-order valence-electron chi connectivity index (χ1n) is 7.24. The Labute approximate surface area is 128 Å². The Balaban J connectivity index is 4.84. The largest absolute Gasteiger partial charge is 0.466 e. The molecular weight excluding hydrogens is 264 g/mol. The van der Waals surface area contributed by atoms with Crippen LogP contribution in [0.15, 0.2) is 47.1 Å². The van der Waals surface area contributed by atoms with Crippen LogP contribution in [0.25, 0.3) is 0 Å². The Kier molecular flexibility index (Phi) is 9.39. The van der Waals surface area contributed by atoms with Gasteiger partial charge < -0.3 is 9.84 Å². The van der Waals surface area contributed by atoms with Gasteiger partial charge in [0.25, 0.3) is 0 Å². The number of hydrogen-bond acceptors (Lipinski definition) is 3. The number of methoxy groups -OCH3 is 1. The molecule has 0 aliphatic heterocycles. The topological polar surface area (TPSA) is 46.5 Å². The summed E-state index contributed by atoms with van der Waals surface area (Å²) in [5.74, 6) is -0.240. The second kappa shape index (κ2) is 10.2. The van der Waals surface area contributed by atoms with Crippen LogP contribution in [0.5, 0.6) is 0 Å². The maximum absolute atomic E-state index is 11.3. The third-order valence-corrected chi connectivity index (χ3v) is 3.15. The van der Waals surface area contributed by atoms with E-state index in [1.165, 1.54) is 7.11 Å². The molecule has 0 aromatic heterocycles. The maximum Gasteiger partial charge on any atom is 0.333 e. The van der Waals surface area contributed by atoms with E-state index < -0.39 is 0 Å². The van der Waals surface area contributed by atoms with Crippen LogP contribution >= 0.6 is 0 Å². The number of aliphatic hydroxyl groups is 1. The zero-order chi connectivity index (χ0) is 16.4. The first-order chi connectivity index (χ1) is 9.81. The van der Waals surface area contributed by atoms with Crippen LogP contribution in [0.1, 0.15) is 41.0 Å². The van der Waals surface area contributed by atoms with Gasteiger partial charge in [0.05, 0.1) is 13.2 Å². The van der Waals surface area contributed by atoms with Crippen molar-refractivity contribution in [2.24, 2.45) is 5.92 Å². The number of carbonyl (C=O) groups excluding carboxylic acids is 1. The van der Waals surface area contributed by atoms with Crippen molar-refractivity contribution < 1.29 is 14.6 Å². The summed E-state index contributed by atoms with van der Waals surface area (Å²) in [7, 11) is 1.37. The van der Waals surface area contributed by atoms with Crippen molar-refractivity contribution in [1.29, 1.82) is 0 Å². The number of aliphatic hydroxyl groups excluding tert-OH is 1. The molecule has 0 fully saturated rings. The van der Waals surface area contributed by atoms with Crippen LogP contribution in [0, 0.1) is 5.92 Å². The molecule has 0 bridgehead atoms. The van der Waals surface area contributed by atoms with E-state index in [0.29, 0.717) is 12.0 Å². The van der Waals surface area contributed by atoms with Gasteiger partial charge in [-0.05, 0) is 40.2 Å². The Morgan fingerprint density at radius 2 is 1.81 bits per heavy atom. The molecule has 21 heavy (non-hydrogen) atoms. The van der Waals surface area contributed by atoms with Gasteiger partial charge in [-0.3, -0.25) is 0 Å². The first-order valence-corrected chi connectivity index (χ1v) is 7.24. The quantitative estimate of drug-likeness (QED) is 0.334. The van der Waals surface area contributed by atoms with Crippen molar-refractivity contribution in [2.45, 2.75) is 47.1 Å². The highest BCUT2D eigenvalue weighted by Crippen LogP contribution is 2.14. The first kappa shape index (κ1) is 19.4. The number of esters is 1. The lowest BCUT2D eigenvalue weighted by atomic mass is 9.98. The normalized spacial score (nSPS) is 17.0. The Hall–Kier alpha value is -1.61. The molecule has 0 spiro atoms. The van der Waals surface area contributed by atoms with E-state index in [9.17, 15) is 9.90 Å². The molecule has 0 radical (unpaired) electrons.